The van der Waals surface area contributed by atoms with E-state index in [1.165, 1.54) is 4.31 Å². The summed E-state index contributed by atoms with van der Waals surface area (Å²) >= 11 is 0. The van der Waals surface area contributed by atoms with E-state index in [2.05, 4.69) is 13.8 Å². The third kappa shape index (κ3) is 3.97. The van der Waals surface area contributed by atoms with E-state index in [-0.39, 0.29) is 6.54 Å². The van der Waals surface area contributed by atoms with Crippen LogP contribution in [0.4, 0.5) is 0 Å². The Morgan fingerprint density at radius 3 is 2.29 bits per heavy atom. The van der Waals surface area contributed by atoms with Crippen molar-refractivity contribution in [3.05, 3.63) is 59.7 Å². The minimum absolute atomic E-state index is 0.263. The van der Waals surface area contributed by atoms with Gasteiger partial charge in [0.15, 0.2) is 0 Å². The van der Waals surface area contributed by atoms with E-state index in [0.29, 0.717) is 16.6 Å². The topological polar surface area (TPSA) is 46.6 Å². The molecule has 4 nitrogen and oxygen atoms in total. The lowest BCUT2D eigenvalue weighted by molar-refractivity contribution is 0.398. The van der Waals surface area contributed by atoms with E-state index in [1.807, 2.05) is 36.4 Å². The number of rotatable bonds is 7. The van der Waals surface area contributed by atoms with Gasteiger partial charge in [-0.15, -0.1) is 0 Å². The van der Waals surface area contributed by atoms with Crippen LogP contribution in [-0.2, 0) is 16.6 Å². The van der Waals surface area contributed by atoms with Gasteiger partial charge in [-0.3, -0.25) is 0 Å². The van der Waals surface area contributed by atoms with Crippen LogP contribution in [0.2, 0.25) is 0 Å². The minimum Gasteiger partial charge on any atom is -0.496 e. The Bertz CT molecular complexity index is 769. The van der Waals surface area contributed by atoms with Crippen molar-refractivity contribution >= 4 is 10.0 Å². The number of ether oxygens (including phenoxy) is 1. The van der Waals surface area contributed by atoms with E-state index in [9.17, 15) is 8.42 Å². The quantitative estimate of drug-likeness (QED) is 0.760. The van der Waals surface area contributed by atoms with E-state index < -0.39 is 10.0 Å². The van der Waals surface area contributed by atoms with Crippen molar-refractivity contribution in [3.63, 3.8) is 0 Å². The molecule has 1 unspecified atom stereocenters. The third-order valence-corrected chi connectivity index (χ3v) is 6.17. The first kappa shape index (κ1) is 18.5. The number of methoxy groups -OCH3 is 1. The molecule has 24 heavy (non-hydrogen) atoms. The maximum absolute atomic E-state index is 12.8. The van der Waals surface area contributed by atoms with Crippen molar-refractivity contribution < 1.29 is 13.2 Å². The summed E-state index contributed by atoms with van der Waals surface area (Å²) in [7, 11) is -0.362. The zero-order valence-electron chi connectivity index (χ0n) is 14.7. The van der Waals surface area contributed by atoms with Crippen molar-refractivity contribution in [3.8, 4) is 5.75 Å². The molecule has 0 aliphatic rings. The van der Waals surface area contributed by atoms with Crippen molar-refractivity contribution in [2.24, 2.45) is 0 Å². The lowest BCUT2D eigenvalue weighted by Crippen LogP contribution is -2.26. The number of benzene rings is 2. The molecule has 0 saturated heterocycles. The molecule has 0 spiro atoms. The van der Waals surface area contributed by atoms with Gasteiger partial charge < -0.3 is 4.74 Å². The number of sulfonamides is 1. The van der Waals surface area contributed by atoms with Crippen LogP contribution in [0.1, 0.15) is 37.3 Å². The van der Waals surface area contributed by atoms with Crippen LogP contribution in [0, 0.1) is 0 Å². The fourth-order valence-corrected chi connectivity index (χ4v) is 3.69. The normalized spacial score (nSPS) is 13.0. The summed E-state index contributed by atoms with van der Waals surface area (Å²) < 4.78 is 32.2. The first-order valence-electron chi connectivity index (χ1n) is 8.08. The molecule has 0 heterocycles. The van der Waals surface area contributed by atoms with Crippen molar-refractivity contribution in [1.29, 1.82) is 0 Å². The van der Waals surface area contributed by atoms with Gasteiger partial charge in [-0.25, -0.2) is 8.42 Å². The summed E-state index contributed by atoms with van der Waals surface area (Å²) in [6, 6.07) is 14.6. The van der Waals surface area contributed by atoms with Crippen LogP contribution in [0.15, 0.2) is 53.4 Å². The van der Waals surface area contributed by atoms with Crippen LogP contribution >= 0.6 is 0 Å². The minimum atomic E-state index is -3.53. The summed E-state index contributed by atoms with van der Waals surface area (Å²) in [5.74, 6) is 1.11. The van der Waals surface area contributed by atoms with Gasteiger partial charge in [0.25, 0.3) is 0 Å². The predicted octanol–water partition coefficient (Wildman–Crippen LogP) is 4.03. The summed E-state index contributed by atoms with van der Waals surface area (Å²) in [5, 5.41) is 0. The molecule has 2 aromatic rings. The first-order chi connectivity index (χ1) is 11.4. The fraction of sp³-hybridized carbons (Fsp3) is 0.368. The zero-order chi connectivity index (χ0) is 17.7. The summed E-state index contributed by atoms with van der Waals surface area (Å²) in [6.45, 7) is 4.52. The average molecular weight is 347 g/mol. The number of hydrogen-bond acceptors (Lipinski definition) is 3. The van der Waals surface area contributed by atoms with Gasteiger partial charge in [0.05, 0.1) is 12.0 Å². The molecule has 0 aliphatic carbocycles. The second kappa shape index (κ2) is 7.81. The molecule has 2 rings (SSSR count). The van der Waals surface area contributed by atoms with Crippen molar-refractivity contribution in [1.82, 2.24) is 4.31 Å². The maximum atomic E-state index is 12.8. The second-order valence-corrected chi connectivity index (χ2v) is 8.00. The largest absolute Gasteiger partial charge is 0.496 e. The molecule has 0 aromatic heterocycles. The van der Waals surface area contributed by atoms with Gasteiger partial charge in [-0.2, -0.15) is 4.31 Å². The van der Waals surface area contributed by atoms with Gasteiger partial charge in [-0.05, 0) is 36.1 Å². The highest BCUT2D eigenvalue weighted by molar-refractivity contribution is 7.89. The van der Waals surface area contributed by atoms with Gasteiger partial charge in [-0.1, -0.05) is 44.2 Å². The van der Waals surface area contributed by atoms with Gasteiger partial charge in [0, 0.05) is 19.2 Å². The van der Waals surface area contributed by atoms with E-state index >= 15 is 0 Å². The first-order valence-corrected chi connectivity index (χ1v) is 9.52. The Morgan fingerprint density at radius 1 is 1.08 bits per heavy atom. The summed E-state index contributed by atoms with van der Waals surface area (Å²) in [6.07, 6.45) is 1.03. The Labute approximate surface area is 145 Å². The Kier molecular flexibility index (Phi) is 6.02. The number of para-hydroxylation sites is 1. The van der Waals surface area contributed by atoms with Gasteiger partial charge in [0.1, 0.15) is 5.75 Å². The fourth-order valence-electron chi connectivity index (χ4n) is 2.54. The molecule has 0 fully saturated rings. The van der Waals surface area contributed by atoms with Crippen molar-refractivity contribution in [2.45, 2.75) is 37.6 Å². The Balaban J connectivity index is 2.23. The molecule has 130 valence electrons. The lowest BCUT2D eigenvalue weighted by atomic mass is 9.99. The molecular formula is C19H25NO3S. The molecule has 0 saturated carbocycles. The number of hydrogen-bond donors (Lipinski definition) is 0. The summed E-state index contributed by atoms with van der Waals surface area (Å²) in [5.41, 5.74) is 1.99. The SMILES string of the molecule is CCC(C)c1ccc(S(=O)(=O)N(C)Cc2ccccc2OC)cc1. The highest BCUT2D eigenvalue weighted by Gasteiger charge is 2.22. The van der Waals surface area contributed by atoms with Crippen LogP contribution < -0.4 is 4.74 Å². The van der Waals surface area contributed by atoms with Crippen LogP contribution in [0.5, 0.6) is 5.75 Å². The zero-order valence-corrected chi connectivity index (χ0v) is 15.5. The number of nitrogens with zero attached hydrogens (tertiary/aromatic N) is 1. The van der Waals surface area contributed by atoms with Crippen molar-refractivity contribution in [2.75, 3.05) is 14.2 Å². The molecule has 1 atom stereocenters. The monoisotopic (exact) mass is 347 g/mol. The van der Waals surface area contributed by atoms with E-state index in [4.69, 9.17) is 4.74 Å². The molecule has 0 aliphatic heterocycles. The third-order valence-electron chi connectivity index (χ3n) is 4.36. The van der Waals surface area contributed by atoms with Crippen LogP contribution in [0.3, 0.4) is 0 Å². The summed E-state index contributed by atoms with van der Waals surface area (Å²) in [4.78, 5) is 0.312. The van der Waals surface area contributed by atoms with Crippen LogP contribution in [-0.4, -0.2) is 26.9 Å². The highest BCUT2D eigenvalue weighted by Crippen LogP contribution is 2.24. The highest BCUT2D eigenvalue weighted by atomic mass is 32.2. The predicted molar refractivity (Wildman–Crippen MR) is 96.8 cm³/mol. The smallest absolute Gasteiger partial charge is 0.243 e. The molecule has 0 bridgehead atoms. The maximum Gasteiger partial charge on any atom is 0.243 e. The molecule has 0 N–H and O–H groups in total. The van der Waals surface area contributed by atoms with Gasteiger partial charge >= 0.3 is 0 Å². The molecule has 5 heteroatoms. The lowest BCUT2D eigenvalue weighted by Gasteiger charge is -2.19. The Morgan fingerprint density at radius 2 is 1.71 bits per heavy atom. The molecule has 0 radical (unpaired) electrons. The average Bonchev–Trinajstić information content (AvgIpc) is 2.61. The Hall–Kier alpha value is -1.85. The van der Waals surface area contributed by atoms with Crippen LogP contribution in [0.25, 0.3) is 0 Å². The molecular weight excluding hydrogens is 322 g/mol. The second-order valence-electron chi connectivity index (χ2n) is 5.95. The van der Waals surface area contributed by atoms with Gasteiger partial charge in [0.2, 0.25) is 10.0 Å². The standard InChI is InChI=1S/C19H25NO3S/c1-5-15(2)16-10-12-18(13-11-16)24(21,22)20(3)14-17-8-6-7-9-19(17)23-4/h6-13,15H,5,14H2,1-4H3. The molecule has 0 amide bonds. The van der Waals surface area contributed by atoms with E-state index in [1.54, 1.807) is 26.3 Å². The molecule has 2 aromatic carbocycles. The van der Waals surface area contributed by atoms with E-state index in [0.717, 1.165) is 17.5 Å².